The van der Waals surface area contributed by atoms with Crippen LogP contribution in [0.4, 0.5) is 5.69 Å². The van der Waals surface area contributed by atoms with Gasteiger partial charge in [0.1, 0.15) is 0 Å². The highest BCUT2D eigenvalue weighted by molar-refractivity contribution is 5.99. The summed E-state index contributed by atoms with van der Waals surface area (Å²) >= 11 is 0. The Morgan fingerprint density at radius 2 is 1.53 bits per heavy atom. The van der Waals surface area contributed by atoms with E-state index in [-0.39, 0.29) is 11.3 Å². The van der Waals surface area contributed by atoms with Crippen LogP contribution >= 0.6 is 0 Å². The van der Waals surface area contributed by atoms with Crippen molar-refractivity contribution in [2.24, 2.45) is 0 Å². The number of dihydropyridines is 1. The maximum absolute atomic E-state index is 13.1. The zero-order valence-electron chi connectivity index (χ0n) is 19.2. The number of nitrogens with one attached hydrogen (secondary N) is 1. The largest absolute Gasteiger partial charge is 0.466 e. The zero-order valence-corrected chi connectivity index (χ0v) is 19.2. The van der Waals surface area contributed by atoms with Crippen molar-refractivity contribution >= 4 is 17.6 Å². The van der Waals surface area contributed by atoms with E-state index >= 15 is 0 Å². The van der Waals surface area contributed by atoms with Gasteiger partial charge in [0.05, 0.1) is 35.7 Å². The van der Waals surface area contributed by atoms with E-state index in [1.54, 1.807) is 26.0 Å². The normalized spacial score (nSPS) is 15.9. The van der Waals surface area contributed by atoms with Crippen molar-refractivity contribution in [2.45, 2.75) is 65.2 Å². The number of nitro groups is 1. The molecule has 0 saturated heterocycles. The third kappa shape index (κ3) is 6.18. The molecule has 1 N–H and O–H groups in total. The van der Waals surface area contributed by atoms with Crippen molar-refractivity contribution in [1.29, 1.82) is 0 Å². The van der Waals surface area contributed by atoms with Crippen LogP contribution in [0.5, 0.6) is 0 Å². The van der Waals surface area contributed by atoms with Gasteiger partial charge < -0.3 is 14.8 Å². The fourth-order valence-electron chi connectivity index (χ4n) is 3.89. The van der Waals surface area contributed by atoms with Gasteiger partial charge in [-0.05, 0) is 25.8 Å². The Morgan fingerprint density at radius 1 is 0.969 bits per heavy atom. The van der Waals surface area contributed by atoms with Crippen molar-refractivity contribution in [3.8, 4) is 0 Å². The van der Waals surface area contributed by atoms with E-state index in [1.165, 1.54) is 38.5 Å². The first kappa shape index (κ1) is 25.1. The highest BCUT2D eigenvalue weighted by Crippen LogP contribution is 2.39. The number of carbonyl (C=O) groups is 2. The molecule has 1 aliphatic rings. The fraction of sp³-hybridized carbons (Fsp3) is 0.500. The molecule has 0 bridgehead atoms. The molecule has 1 aromatic carbocycles. The van der Waals surface area contributed by atoms with Gasteiger partial charge in [0, 0.05) is 23.5 Å². The number of benzene rings is 1. The van der Waals surface area contributed by atoms with Gasteiger partial charge in [-0.3, -0.25) is 10.1 Å². The SMILES string of the molecule is CCCCCCCCOC(=O)C1=C(C)NC(C)=C(C(=O)OC)C1c1ccc([N+](=O)[O-])cc1. The van der Waals surface area contributed by atoms with Crippen LogP contribution in [0.25, 0.3) is 0 Å². The van der Waals surface area contributed by atoms with Crippen molar-refractivity contribution < 1.29 is 24.0 Å². The molecule has 1 heterocycles. The number of non-ortho nitro benzene ring substituents is 1. The average Bonchev–Trinajstić information content (AvgIpc) is 2.77. The van der Waals surface area contributed by atoms with Gasteiger partial charge in [-0.25, -0.2) is 9.59 Å². The Bertz CT molecular complexity index is 902. The molecular weight excluding hydrogens is 412 g/mol. The summed E-state index contributed by atoms with van der Waals surface area (Å²) < 4.78 is 10.5. The molecule has 0 saturated carbocycles. The topological polar surface area (TPSA) is 108 Å². The Kier molecular flexibility index (Phi) is 9.43. The van der Waals surface area contributed by atoms with E-state index in [2.05, 4.69) is 12.2 Å². The fourth-order valence-corrected chi connectivity index (χ4v) is 3.89. The van der Waals surface area contributed by atoms with Gasteiger partial charge in [0.25, 0.3) is 5.69 Å². The number of rotatable bonds is 11. The van der Waals surface area contributed by atoms with E-state index in [1.807, 2.05) is 0 Å². The monoisotopic (exact) mass is 444 g/mol. The lowest BCUT2D eigenvalue weighted by molar-refractivity contribution is -0.384. The molecule has 0 spiro atoms. The highest BCUT2D eigenvalue weighted by Gasteiger charge is 2.37. The molecule has 1 aromatic rings. The van der Waals surface area contributed by atoms with E-state index in [9.17, 15) is 19.7 Å². The predicted octanol–water partition coefficient (Wildman–Crippen LogP) is 4.91. The minimum atomic E-state index is -0.749. The van der Waals surface area contributed by atoms with E-state index in [0.717, 1.165) is 19.3 Å². The van der Waals surface area contributed by atoms with E-state index < -0.39 is 22.8 Å². The number of carbonyl (C=O) groups excluding carboxylic acids is 2. The first-order valence-corrected chi connectivity index (χ1v) is 11.0. The Morgan fingerprint density at radius 3 is 2.09 bits per heavy atom. The van der Waals surface area contributed by atoms with Gasteiger partial charge in [0.2, 0.25) is 0 Å². The number of methoxy groups -OCH3 is 1. The maximum Gasteiger partial charge on any atom is 0.336 e. The summed E-state index contributed by atoms with van der Waals surface area (Å²) in [6, 6.07) is 5.82. The van der Waals surface area contributed by atoms with Crippen LogP contribution in [-0.2, 0) is 19.1 Å². The van der Waals surface area contributed by atoms with Gasteiger partial charge in [-0.1, -0.05) is 51.2 Å². The number of unbranched alkanes of at least 4 members (excludes halogenated alkanes) is 5. The first-order chi connectivity index (χ1) is 15.3. The minimum Gasteiger partial charge on any atom is -0.466 e. The predicted molar refractivity (Wildman–Crippen MR) is 121 cm³/mol. The minimum absolute atomic E-state index is 0.0732. The summed E-state index contributed by atoms with van der Waals surface area (Å²) in [6.07, 6.45) is 6.42. The quantitative estimate of drug-likeness (QED) is 0.224. The molecule has 1 unspecified atom stereocenters. The summed E-state index contributed by atoms with van der Waals surface area (Å²) in [6.45, 7) is 5.94. The summed E-state index contributed by atoms with van der Waals surface area (Å²) in [5, 5.41) is 14.1. The maximum atomic E-state index is 13.1. The van der Waals surface area contributed by atoms with Crippen LogP contribution in [0.3, 0.4) is 0 Å². The molecule has 8 heteroatoms. The van der Waals surface area contributed by atoms with Gasteiger partial charge in [0.15, 0.2) is 0 Å². The second-order valence-electron chi connectivity index (χ2n) is 7.88. The van der Waals surface area contributed by atoms with Crippen LogP contribution in [0.2, 0.25) is 0 Å². The molecule has 32 heavy (non-hydrogen) atoms. The van der Waals surface area contributed by atoms with Crippen molar-refractivity contribution in [2.75, 3.05) is 13.7 Å². The lowest BCUT2D eigenvalue weighted by Gasteiger charge is -2.30. The highest BCUT2D eigenvalue weighted by atomic mass is 16.6. The zero-order chi connectivity index (χ0) is 23.7. The number of allylic oxidation sites excluding steroid dienone is 2. The van der Waals surface area contributed by atoms with Gasteiger partial charge in [-0.15, -0.1) is 0 Å². The van der Waals surface area contributed by atoms with Crippen LogP contribution in [0, 0.1) is 10.1 Å². The number of nitro benzene ring substituents is 1. The number of ether oxygens (including phenoxy) is 2. The van der Waals surface area contributed by atoms with E-state index in [4.69, 9.17) is 9.47 Å². The van der Waals surface area contributed by atoms with Crippen LogP contribution < -0.4 is 5.32 Å². The molecule has 174 valence electrons. The molecular formula is C24H32N2O6. The van der Waals surface area contributed by atoms with Crippen LogP contribution in [-0.4, -0.2) is 30.6 Å². The Balaban J connectivity index is 2.27. The summed E-state index contributed by atoms with van der Waals surface area (Å²) in [4.78, 5) is 36.2. The number of nitrogens with zero attached hydrogens (tertiary/aromatic N) is 1. The molecule has 0 aromatic heterocycles. The summed E-state index contributed by atoms with van der Waals surface area (Å²) in [7, 11) is 1.28. The molecule has 8 nitrogen and oxygen atoms in total. The van der Waals surface area contributed by atoms with Crippen molar-refractivity contribution in [3.05, 3.63) is 62.5 Å². The molecule has 1 atom stereocenters. The van der Waals surface area contributed by atoms with Crippen LogP contribution in [0.1, 0.15) is 70.8 Å². The first-order valence-electron chi connectivity index (χ1n) is 11.0. The molecule has 0 radical (unpaired) electrons. The van der Waals surface area contributed by atoms with Gasteiger partial charge in [-0.2, -0.15) is 0 Å². The summed E-state index contributed by atoms with van der Waals surface area (Å²) in [5.41, 5.74) is 2.21. The molecule has 0 amide bonds. The molecule has 2 rings (SSSR count). The van der Waals surface area contributed by atoms with Crippen molar-refractivity contribution in [3.63, 3.8) is 0 Å². The van der Waals surface area contributed by atoms with E-state index in [0.29, 0.717) is 29.1 Å². The lowest BCUT2D eigenvalue weighted by atomic mass is 9.80. The summed E-state index contributed by atoms with van der Waals surface area (Å²) in [5.74, 6) is -1.84. The Labute approximate surface area is 188 Å². The molecule has 0 aliphatic carbocycles. The third-order valence-electron chi connectivity index (χ3n) is 5.55. The standard InChI is InChI=1S/C24H32N2O6/c1-5-6-7-8-9-10-15-32-24(28)21-17(3)25-16(2)20(23(27)31-4)22(21)18-11-13-19(14-12-18)26(29)30/h11-14,22,25H,5-10,15H2,1-4H3. The smallest absolute Gasteiger partial charge is 0.336 e. The second-order valence-corrected chi connectivity index (χ2v) is 7.88. The van der Waals surface area contributed by atoms with Crippen LogP contribution in [0.15, 0.2) is 46.8 Å². The number of hydrogen-bond donors (Lipinski definition) is 1. The Hall–Kier alpha value is -3.16. The lowest BCUT2D eigenvalue weighted by Crippen LogP contribution is -2.32. The van der Waals surface area contributed by atoms with Crippen molar-refractivity contribution in [1.82, 2.24) is 5.32 Å². The molecule has 1 aliphatic heterocycles. The second kappa shape index (κ2) is 12.0. The third-order valence-corrected chi connectivity index (χ3v) is 5.55. The number of esters is 2. The number of hydrogen-bond acceptors (Lipinski definition) is 7. The average molecular weight is 445 g/mol. The van der Waals surface area contributed by atoms with Gasteiger partial charge >= 0.3 is 11.9 Å². The molecule has 0 fully saturated rings.